The number of fused-ring (bicyclic) bond motifs is 1. The summed E-state index contributed by atoms with van der Waals surface area (Å²) in [7, 11) is 1.28. The van der Waals surface area contributed by atoms with Gasteiger partial charge >= 0.3 is 6.03 Å². The molecule has 4 heterocycles. The zero-order valence-corrected chi connectivity index (χ0v) is 22.6. The maximum Gasteiger partial charge on any atom is 0.323 e. The highest BCUT2D eigenvalue weighted by Crippen LogP contribution is 2.32. The predicted octanol–water partition coefficient (Wildman–Crippen LogP) is 2.55. The minimum Gasteiger partial charge on any atom is -0.494 e. The molecule has 43 heavy (non-hydrogen) atoms. The van der Waals surface area contributed by atoms with E-state index in [9.17, 15) is 23.9 Å². The first-order valence-corrected chi connectivity index (χ1v) is 13.2. The van der Waals surface area contributed by atoms with Crippen LogP contribution >= 0.6 is 0 Å². The van der Waals surface area contributed by atoms with Crippen LogP contribution < -0.4 is 15.4 Å². The Morgan fingerprint density at radius 2 is 2.02 bits per heavy atom. The van der Waals surface area contributed by atoms with E-state index in [1.807, 2.05) is 6.07 Å². The second-order valence-corrected chi connectivity index (χ2v) is 10.1. The van der Waals surface area contributed by atoms with Crippen molar-refractivity contribution < 1.29 is 33.0 Å². The Balaban J connectivity index is 1.28. The summed E-state index contributed by atoms with van der Waals surface area (Å²) >= 11 is 0. The number of nitrogens with one attached hydrogen (secondary N) is 2. The molecule has 216 valence electrons. The zero-order chi connectivity index (χ0) is 30.3. The van der Waals surface area contributed by atoms with Gasteiger partial charge in [0.1, 0.15) is 11.9 Å². The van der Waals surface area contributed by atoms with Crippen LogP contribution in [0.5, 0.6) is 5.75 Å². The molecule has 3 N–H and O–H groups in total. The quantitative estimate of drug-likeness (QED) is 0.313. The predicted molar refractivity (Wildman–Crippen MR) is 150 cm³/mol. The molecular weight excluding hydrogens is 560 g/mol. The van der Waals surface area contributed by atoms with Gasteiger partial charge in [-0.15, -0.1) is 0 Å². The zero-order valence-electron chi connectivity index (χ0n) is 22.6. The van der Waals surface area contributed by atoms with Gasteiger partial charge in [-0.1, -0.05) is 24.0 Å². The minimum atomic E-state index is -1.88. The maximum atomic E-state index is 15.4. The van der Waals surface area contributed by atoms with Crippen molar-refractivity contribution in [3.8, 4) is 17.6 Å². The second kappa shape index (κ2) is 10.8. The SMILES string of the molecule is COc1ccc2c(c1F)C(=O)N(C[C@@]1(C#Cc3ccc(C4=NC(c5cccnc5)=CCC4O)c(F)c3)NC(=O)NC1=O)C2. The number of ether oxygens (including phenoxy) is 1. The van der Waals surface area contributed by atoms with E-state index in [4.69, 9.17) is 4.74 Å². The standard InChI is InChI=1S/C31H23F2N5O5/c1-43-24-9-5-19-15-38(28(40)25(19)26(24)33)16-31(29(41)36-30(42)37-31)11-10-17-4-6-20(21(32)13-17)27-23(39)8-7-22(35-27)18-3-2-12-34-14-18/h2-7,9,12-14,23,39H,8,15-16H2,1H3,(H2,36,37,41,42)/t23?,31-/m1/s1. The normalized spacial score (nSPS) is 20.9. The van der Waals surface area contributed by atoms with Crippen LogP contribution in [0.25, 0.3) is 5.70 Å². The number of benzene rings is 2. The Kier molecular flexibility index (Phi) is 6.95. The molecule has 1 aromatic heterocycles. The lowest BCUT2D eigenvalue weighted by Crippen LogP contribution is -2.54. The Hall–Kier alpha value is -5.41. The van der Waals surface area contributed by atoms with Gasteiger partial charge in [-0.3, -0.25) is 19.9 Å². The molecule has 1 saturated heterocycles. The highest BCUT2D eigenvalue weighted by Gasteiger charge is 2.48. The fourth-order valence-electron chi connectivity index (χ4n) is 5.20. The van der Waals surface area contributed by atoms with Crippen molar-refractivity contribution in [1.82, 2.24) is 20.5 Å². The van der Waals surface area contributed by atoms with Crippen molar-refractivity contribution in [3.05, 3.63) is 100 Å². The summed E-state index contributed by atoms with van der Waals surface area (Å²) in [6.45, 7) is -0.412. The summed E-state index contributed by atoms with van der Waals surface area (Å²) in [6, 6.07) is 9.72. The van der Waals surface area contributed by atoms with E-state index in [-0.39, 0.29) is 47.7 Å². The highest BCUT2D eigenvalue weighted by atomic mass is 19.1. The molecule has 3 aliphatic heterocycles. The summed E-state index contributed by atoms with van der Waals surface area (Å²) < 4.78 is 35.2. The largest absolute Gasteiger partial charge is 0.494 e. The van der Waals surface area contributed by atoms with Crippen LogP contribution in [0, 0.1) is 23.5 Å². The molecule has 0 aliphatic carbocycles. The topological polar surface area (TPSA) is 133 Å². The Morgan fingerprint density at radius 1 is 1.19 bits per heavy atom. The number of aliphatic imine (C=N–C) groups is 1. The number of aliphatic hydroxyl groups excluding tert-OH is 1. The maximum absolute atomic E-state index is 15.4. The number of imide groups is 1. The van der Waals surface area contributed by atoms with Gasteiger partial charge in [-0.2, -0.15) is 0 Å². The molecule has 1 unspecified atom stereocenters. The fourth-order valence-corrected chi connectivity index (χ4v) is 5.20. The Morgan fingerprint density at radius 3 is 2.72 bits per heavy atom. The minimum absolute atomic E-state index is 0.0229. The van der Waals surface area contributed by atoms with E-state index < -0.39 is 41.1 Å². The van der Waals surface area contributed by atoms with Gasteiger partial charge in [-0.05, 0) is 48.4 Å². The second-order valence-electron chi connectivity index (χ2n) is 10.1. The number of hydrogen-bond donors (Lipinski definition) is 3. The Bertz CT molecular complexity index is 1810. The number of carbonyl (C=O) groups is 3. The van der Waals surface area contributed by atoms with E-state index in [0.29, 0.717) is 11.3 Å². The lowest BCUT2D eigenvalue weighted by atomic mass is 9.96. The molecule has 4 amide bonds. The van der Waals surface area contributed by atoms with Crippen molar-refractivity contribution in [2.75, 3.05) is 13.7 Å². The highest BCUT2D eigenvalue weighted by molar-refractivity contribution is 6.10. The third-order valence-corrected chi connectivity index (χ3v) is 7.36. The van der Waals surface area contributed by atoms with Crippen LogP contribution in [0.4, 0.5) is 13.6 Å². The molecule has 0 bridgehead atoms. The molecule has 2 aromatic carbocycles. The van der Waals surface area contributed by atoms with Crippen LogP contribution in [-0.4, -0.2) is 63.8 Å². The van der Waals surface area contributed by atoms with Crippen LogP contribution in [-0.2, 0) is 11.3 Å². The lowest BCUT2D eigenvalue weighted by molar-refractivity contribution is -0.122. The van der Waals surface area contributed by atoms with Crippen LogP contribution in [0.15, 0.2) is 65.9 Å². The molecule has 10 nitrogen and oxygen atoms in total. The average Bonchev–Trinajstić information content (AvgIpc) is 3.47. The summed E-state index contributed by atoms with van der Waals surface area (Å²) in [5.41, 5.74) is -0.00713. The number of pyridine rings is 1. The third-order valence-electron chi connectivity index (χ3n) is 7.36. The molecule has 1 fully saturated rings. The smallest absolute Gasteiger partial charge is 0.323 e. The summed E-state index contributed by atoms with van der Waals surface area (Å²) in [4.78, 5) is 47.9. The molecule has 3 aliphatic rings. The molecule has 3 aromatic rings. The number of carbonyl (C=O) groups excluding carboxylic acids is 3. The van der Waals surface area contributed by atoms with E-state index in [1.54, 1.807) is 30.6 Å². The van der Waals surface area contributed by atoms with Gasteiger partial charge < -0.3 is 20.1 Å². The van der Waals surface area contributed by atoms with E-state index in [2.05, 4.69) is 32.5 Å². The van der Waals surface area contributed by atoms with Gasteiger partial charge in [0.25, 0.3) is 11.8 Å². The first-order chi connectivity index (χ1) is 20.7. The fraction of sp³-hybridized carbons (Fsp3) is 0.194. The number of urea groups is 1. The van der Waals surface area contributed by atoms with Crippen LogP contribution in [0.2, 0.25) is 0 Å². The third kappa shape index (κ3) is 5.00. The average molecular weight is 584 g/mol. The summed E-state index contributed by atoms with van der Waals surface area (Å²) in [5.74, 6) is 2.29. The van der Waals surface area contributed by atoms with Crippen molar-refractivity contribution in [3.63, 3.8) is 0 Å². The lowest BCUT2D eigenvalue weighted by Gasteiger charge is -2.26. The van der Waals surface area contributed by atoms with Crippen LogP contribution in [0.3, 0.4) is 0 Å². The number of amides is 4. The van der Waals surface area contributed by atoms with Gasteiger partial charge in [0.2, 0.25) is 5.54 Å². The molecule has 2 atom stereocenters. The van der Waals surface area contributed by atoms with Gasteiger partial charge in [0.15, 0.2) is 11.6 Å². The number of aliphatic hydroxyl groups is 1. The molecular formula is C31H23F2N5O5. The molecule has 0 saturated carbocycles. The Labute approximate surface area is 244 Å². The van der Waals surface area contributed by atoms with Crippen LogP contribution in [0.1, 0.15) is 39.0 Å². The number of rotatable bonds is 5. The summed E-state index contributed by atoms with van der Waals surface area (Å²) in [5, 5.41) is 15.1. The monoisotopic (exact) mass is 583 g/mol. The van der Waals surface area contributed by atoms with Gasteiger partial charge in [0, 0.05) is 35.6 Å². The molecule has 0 spiro atoms. The molecule has 12 heteroatoms. The van der Waals surface area contributed by atoms with E-state index >= 15 is 4.39 Å². The number of aromatic nitrogens is 1. The van der Waals surface area contributed by atoms with Crippen molar-refractivity contribution in [2.24, 2.45) is 4.99 Å². The number of nitrogens with zero attached hydrogens (tertiary/aromatic N) is 3. The van der Waals surface area contributed by atoms with Crippen molar-refractivity contribution >= 4 is 29.3 Å². The first-order valence-electron chi connectivity index (χ1n) is 13.2. The van der Waals surface area contributed by atoms with E-state index in [0.717, 1.165) is 11.6 Å². The van der Waals surface area contributed by atoms with E-state index in [1.165, 1.54) is 30.2 Å². The molecule has 0 radical (unpaired) electrons. The number of halogens is 2. The number of hydrogen-bond acceptors (Lipinski definition) is 7. The molecule has 6 rings (SSSR count). The van der Waals surface area contributed by atoms with Gasteiger partial charge in [0.05, 0.1) is 30.6 Å². The summed E-state index contributed by atoms with van der Waals surface area (Å²) in [6.07, 6.45) is 4.19. The van der Waals surface area contributed by atoms with Gasteiger partial charge in [-0.25, -0.2) is 18.6 Å². The first kappa shape index (κ1) is 27.7. The van der Waals surface area contributed by atoms with Crippen molar-refractivity contribution in [1.29, 1.82) is 0 Å². The number of methoxy groups -OCH3 is 1. The van der Waals surface area contributed by atoms with Crippen molar-refractivity contribution in [2.45, 2.75) is 24.6 Å².